The number of benzene rings is 2. The molecule has 0 aliphatic rings. The summed E-state index contributed by atoms with van der Waals surface area (Å²) < 4.78 is 61.7. The lowest BCUT2D eigenvalue weighted by molar-refractivity contribution is -0.136. The lowest BCUT2D eigenvalue weighted by Crippen LogP contribution is -2.08. The fraction of sp³-hybridized carbons (Fsp3) is 0.100. The fourth-order valence-electron chi connectivity index (χ4n) is 3.03. The second-order valence-electron chi connectivity index (χ2n) is 6.00. The van der Waals surface area contributed by atoms with E-state index in [-0.39, 0.29) is 22.4 Å². The van der Waals surface area contributed by atoms with Crippen LogP contribution in [-0.2, 0) is 6.18 Å². The third-order valence-electron chi connectivity index (χ3n) is 4.31. The van der Waals surface area contributed by atoms with Crippen molar-refractivity contribution in [3.05, 3.63) is 72.2 Å². The van der Waals surface area contributed by atoms with Crippen LogP contribution >= 0.6 is 0 Å². The number of rotatable bonds is 3. The molecule has 0 radical (unpaired) electrons. The summed E-state index contributed by atoms with van der Waals surface area (Å²) in [6.07, 6.45) is -3.59. The first kappa shape index (κ1) is 18.0. The van der Waals surface area contributed by atoms with Crippen LogP contribution in [-0.4, -0.2) is 21.9 Å². The number of nitrogens with zero attached hydrogens (tertiary/aromatic N) is 3. The molecule has 2 aromatic heterocycles. The highest BCUT2D eigenvalue weighted by Gasteiger charge is 2.35. The summed E-state index contributed by atoms with van der Waals surface area (Å²) in [4.78, 5) is 4.36. The molecular weight excluding hydrogens is 374 g/mol. The van der Waals surface area contributed by atoms with Crippen molar-refractivity contribution in [2.75, 3.05) is 7.11 Å². The number of hydrogen-bond acceptors (Lipinski definition) is 3. The summed E-state index contributed by atoms with van der Waals surface area (Å²) >= 11 is 0. The summed E-state index contributed by atoms with van der Waals surface area (Å²) in [5.74, 6) is -0.245. The van der Waals surface area contributed by atoms with Gasteiger partial charge in [-0.25, -0.2) is 14.1 Å². The number of hydrogen-bond donors (Lipinski definition) is 0. The molecule has 0 unspecified atom stereocenters. The van der Waals surface area contributed by atoms with E-state index in [4.69, 9.17) is 4.74 Å². The minimum Gasteiger partial charge on any atom is -0.496 e. The molecule has 0 atom stereocenters. The largest absolute Gasteiger partial charge is 0.496 e. The summed E-state index contributed by atoms with van der Waals surface area (Å²) in [7, 11) is 1.42. The van der Waals surface area contributed by atoms with Gasteiger partial charge in [0.1, 0.15) is 17.3 Å². The highest BCUT2D eigenvalue weighted by atomic mass is 19.4. The van der Waals surface area contributed by atoms with Crippen LogP contribution < -0.4 is 4.74 Å². The van der Waals surface area contributed by atoms with Gasteiger partial charge in [0, 0.05) is 5.56 Å². The van der Waals surface area contributed by atoms with Crippen LogP contribution in [0.15, 0.2) is 60.8 Å². The van der Waals surface area contributed by atoms with Crippen LogP contribution in [0.5, 0.6) is 5.75 Å². The number of aromatic nitrogens is 3. The Hall–Kier alpha value is -3.42. The third kappa shape index (κ3) is 2.96. The average Bonchev–Trinajstić information content (AvgIpc) is 3.10. The lowest BCUT2D eigenvalue weighted by Gasteiger charge is -2.13. The van der Waals surface area contributed by atoms with Gasteiger partial charge in [-0.1, -0.05) is 24.3 Å². The number of alkyl halides is 3. The third-order valence-corrected chi connectivity index (χ3v) is 4.31. The Morgan fingerprint density at radius 3 is 2.43 bits per heavy atom. The summed E-state index contributed by atoms with van der Waals surface area (Å²) in [6.45, 7) is 0. The predicted octanol–water partition coefficient (Wildman–Crippen LogP) is 5.25. The molecule has 0 saturated carbocycles. The molecule has 4 aromatic rings. The Labute approximate surface area is 157 Å². The van der Waals surface area contributed by atoms with Gasteiger partial charge in [-0.15, -0.1) is 0 Å². The Balaban J connectivity index is 2.06. The molecule has 0 saturated heterocycles. The summed E-state index contributed by atoms with van der Waals surface area (Å²) in [5, 5.41) is 3.75. The molecule has 8 heteroatoms. The van der Waals surface area contributed by atoms with Crippen molar-refractivity contribution in [3.63, 3.8) is 0 Å². The van der Waals surface area contributed by atoms with Crippen molar-refractivity contribution in [2.24, 2.45) is 0 Å². The summed E-state index contributed by atoms with van der Waals surface area (Å²) in [6, 6.07) is 13.2. The standard InChI is InChI=1S/C20H13F4N3O/c1-28-18-9-5-2-6-12(18)16-10-14(20(22,23)24)13-11-25-27(19(13)26-16)17-8-4-3-7-15(17)21/h2-11H,1H3. The van der Waals surface area contributed by atoms with Crippen LogP contribution in [0.4, 0.5) is 17.6 Å². The fourth-order valence-corrected chi connectivity index (χ4v) is 3.03. The van der Waals surface area contributed by atoms with Gasteiger partial charge in [-0.05, 0) is 30.3 Å². The van der Waals surface area contributed by atoms with Crippen LogP contribution in [0, 0.1) is 5.82 Å². The van der Waals surface area contributed by atoms with Crippen molar-refractivity contribution >= 4 is 11.0 Å². The topological polar surface area (TPSA) is 39.9 Å². The van der Waals surface area contributed by atoms with Gasteiger partial charge in [-0.2, -0.15) is 18.3 Å². The summed E-state index contributed by atoms with van der Waals surface area (Å²) in [5.41, 5.74) is -0.550. The van der Waals surface area contributed by atoms with E-state index in [2.05, 4.69) is 10.1 Å². The second-order valence-corrected chi connectivity index (χ2v) is 6.00. The monoisotopic (exact) mass is 387 g/mol. The van der Waals surface area contributed by atoms with E-state index in [0.717, 1.165) is 16.9 Å². The SMILES string of the molecule is COc1ccccc1-c1cc(C(F)(F)F)c2cnn(-c3ccccc3F)c2n1. The Morgan fingerprint density at radius 2 is 1.71 bits per heavy atom. The molecule has 0 bridgehead atoms. The molecule has 0 N–H and O–H groups in total. The predicted molar refractivity (Wildman–Crippen MR) is 95.8 cm³/mol. The molecule has 2 heterocycles. The second kappa shape index (κ2) is 6.63. The number of fused-ring (bicyclic) bond motifs is 1. The van der Waals surface area contributed by atoms with Crippen LogP contribution in [0.2, 0.25) is 0 Å². The first-order valence-electron chi connectivity index (χ1n) is 8.24. The zero-order valence-corrected chi connectivity index (χ0v) is 14.5. The highest BCUT2D eigenvalue weighted by Crippen LogP contribution is 2.39. The van der Waals surface area contributed by atoms with Gasteiger partial charge in [0.15, 0.2) is 5.65 Å². The van der Waals surface area contributed by atoms with Crippen molar-refractivity contribution in [1.29, 1.82) is 0 Å². The maximum absolute atomic E-state index is 14.2. The van der Waals surface area contributed by atoms with Gasteiger partial charge in [0.25, 0.3) is 0 Å². The maximum Gasteiger partial charge on any atom is 0.417 e. The molecule has 0 spiro atoms. The van der Waals surface area contributed by atoms with Gasteiger partial charge in [-0.3, -0.25) is 0 Å². The Kier molecular flexibility index (Phi) is 4.26. The van der Waals surface area contributed by atoms with E-state index in [1.807, 2.05) is 0 Å². The maximum atomic E-state index is 14.2. The van der Waals surface area contributed by atoms with E-state index in [9.17, 15) is 17.6 Å². The Bertz CT molecular complexity index is 1170. The highest BCUT2D eigenvalue weighted by molar-refractivity contribution is 5.85. The van der Waals surface area contributed by atoms with E-state index in [1.54, 1.807) is 30.3 Å². The van der Waals surface area contributed by atoms with Gasteiger partial charge >= 0.3 is 6.18 Å². The van der Waals surface area contributed by atoms with E-state index < -0.39 is 17.6 Å². The number of para-hydroxylation sites is 2. The van der Waals surface area contributed by atoms with Gasteiger partial charge in [0.05, 0.1) is 30.0 Å². The molecule has 142 valence electrons. The Morgan fingerprint density at radius 1 is 1.00 bits per heavy atom. The number of pyridine rings is 1. The number of halogens is 4. The van der Waals surface area contributed by atoms with Crippen molar-refractivity contribution in [2.45, 2.75) is 6.18 Å². The first-order chi connectivity index (χ1) is 13.4. The molecule has 4 nitrogen and oxygen atoms in total. The zero-order chi connectivity index (χ0) is 19.9. The van der Waals surface area contributed by atoms with Crippen molar-refractivity contribution in [3.8, 4) is 22.7 Å². The van der Waals surface area contributed by atoms with E-state index in [0.29, 0.717) is 11.3 Å². The molecule has 4 rings (SSSR count). The minimum absolute atomic E-state index is 0.00954. The first-order valence-corrected chi connectivity index (χ1v) is 8.24. The van der Waals surface area contributed by atoms with Gasteiger partial charge in [0.2, 0.25) is 0 Å². The molecule has 0 aliphatic heterocycles. The average molecular weight is 387 g/mol. The molecule has 2 aromatic carbocycles. The van der Waals surface area contributed by atoms with Crippen LogP contribution in [0.25, 0.3) is 28.0 Å². The quantitative estimate of drug-likeness (QED) is 0.451. The van der Waals surface area contributed by atoms with Crippen molar-refractivity contribution < 1.29 is 22.3 Å². The molecular formula is C20H13F4N3O. The number of methoxy groups -OCH3 is 1. The molecule has 0 amide bonds. The van der Waals surface area contributed by atoms with Crippen molar-refractivity contribution in [1.82, 2.24) is 14.8 Å². The van der Waals surface area contributed by atoms with Gasteiger partial charge < -0.3 is 4.74 Å². The number of ether oxygens (including phenoxy) is 1. The van der Waals surface area contributed by atoms with E-state index in [1.165, 1.54) is 25.3 Å². The van der Waals surface area contributed by atoms with Crippen LogP contribution in [0.1, 0.15) is 5.56 Å². The molecule has 0 fully saturated rings. The van der Waals surface area contributed by atoms with E-state index >= 15 is 0 Å². The zero-order valence-electron chi connectivity index (χ0n) is 14.5. The normalized spacial score (nSPS) is 11.8. The minimum atomic E-state index is -4.64. The van der Waals surface area contributed by atoms with Crippen LogP contribution in [0.3, 0.4) is 0 Å². The molecule has 28 heavy (non-hydrogen) atoms. The molecule has 0 aliphatic carbocycles. The lowest BCUT2D eigenvalue weighted by atomic mass is 10.1. The smallest absolute Gasteiger partial charge is 0.417 e.